The van der Waals surface area contributed by atoms with Gasteiger partial charge in [0, 0.05) is 23.7 Å². The van der Waals surface area contributed by atoms with Gasteiger partial charge in [-0.25, -0.2) is 9.97 Å². The lowest BCUT2D eigenvalue weighted by Crippen LogP contribution is -2.05. The van der Waals surface area contributed by atoms with Crippen molar-refractivity contribution < 1.29 is 13.9 Å². The molecule has 3 heterocycles. The molecule has 0 N–H and O–H groups in total. The number of aromatic nitrogens is 4. The van der Waals surface area contributed by atoms with Gasteiger partial charge >= 0.3 is 0 Å². The fourth-order valence-electron chi connectivity index (χ4n) is 2.99. The van der Waals surface area contributed by atoms with Gasteiger partial charge in [-0.05, 0) is 32.4 Å². The van der Waals surface area contributed by atoms with Crippen LogP contribution in [0.2, 0.25) is 0 Å². The van der Waals surface area contributed by atoms with E-state index in [-0.39, 0.29) is 0 Å². The monoisotopic (exact) mass is 352 g/mol. The van der Waals surface area contributed by atoms with Gasteiger partial charge in [-0.2, -0.15) is 4.98 Å². The predicted molar refractivity (Wildman–Crippen MR) is 94.1 cm³/mol. The van der Waals surface area contributed by atoms with Crippen molar-refractivity contribution in [3.05, 3.63) is 48.1 Å². The third kappa shape index (κ3) is 3.24. The summed E-state index contributed by atoms with van der Waals surface area (Å²) in [5, 5.41) is 0. The molecule has 1 saturated carbocycles. The zero-order chi connectivity index (χ0) is 18.1. The second-order valence-electron chi connectivity index (χ2n) is 6.44. The Morgan fingerprint density at radius 2 is 2.04 bits per heavy atom. The Morgan fingerprint density at radius 3 is 2.73 bits per heavy atom. The van der Waals surface area contributed by atoms with Gasteiger partial charge in [0.2, 0.25) is 5.88 Å². The van der Waals surface area contributed by atoms with Crippen LogP contribution in [0.1, 0.15) is 29.6 Å². The van der Waals surface area contributed by atoms with Crippen molar-refractivity contribution in [3.8, 4) is 23.0 Å². The second-order valence-corrected chi connectivity index (χ2v) is 6.44. The second kappa shape index (κ2) is 6.74. The quantitative estimate of drug-likeness (QED) is 0.673. The molecule has 7 heteroatoms. The van der Waals surface area contributed by atoms with Crippen molar-refractivity contribution in [2.75, 3.05) is 13.7 Å². The van der Waals surface area contributed by atoms with Gasteiger partial charge in [-0.3, -0.25) is 4.98 Å². The number of oxazole rings is 1. The van der Waals surface area contributed by atoms with Gasteiger partial charge in [0.05, 0.1) is 31.2 Å². The summed E-state index contributed by atoms with van der Waals surface area (Å²) in [6, 6.07) is 3.96. The van der Waals surface area contributed by atoms with Gasteiger partial charge < -0.3 is 13.9 Å². The third-order valence-electron chi connectivity index (χ3n) is 4.60. The molecule has 0 aromatic carbocycles. The van der Waals surface area contributed by atoms with Crippen LogP contribution in [0.4, 0.5) is 0 Å². The molecule has 1 aliphatic rings. The first kappa shape index (κ1) is 16.5. The van der Waals surface area contributed by atoms with Crippen LogP contribution >= 0.6 is 0 Å². The van der Waals surface area contributed by atoms with Gasteiger partial charge in [0.15, 0.2) is 12.2 Å². The molecule has 1 aliphatic carbocycles. The van der Waals surface area contributed by atoms with E-state index in [0.29, 0.717) is 35.9 Å². The normalized spacial score (nSPS) is 18.6. The highest BCUT2D eigenvalue weighted by Crippen LogP contribution is 2.47. The van der Waals surface area contributed by atoms with Crippen molar-refractivity contribution in [3.63, 3.8) is 0 Å². The number of rotatable bonds is 6. The first-order valence-electron chi connectivity index (χ1n) is 8.52. The van der Waals surface area contributed by atoms with E-state index < -0.39 is 0 Å². The summed E-state index contributed by atoms with van der Waals surface area (Å²) in [6.07, 6.45) is 5.95. The molecule has 3 aromatic heterocycles. The van der Waals surface area contributed by atoms with E-state index in [0.717, 1.165) is 29.1 Å². The van der Waals surface area contributed by atoms with Gasteiger partial charge in [-0.1, -0.05) is 0 Å². The molecule has 0 bridgehead atoms. The van der Waals surface area contributed by atoms with Crippen molar-refractivity contribution in [1.29, 1.82) is 0 Å². The minimum absolute atomic E-state index is 0.416. The number of nitrogens with zero attached hydrogens (tertiary/aromatic N) is 4. The molecule has 7 nitrogen and oxygen atoms in total. The lowest BCUT2D eigenvalue weighted by atomic mass is 10.2. The number of hydrogen-bond acceptors (Lipinski definition) is 7. The minimum atomic E-state index is 0.416. The summed E-state index contributed by atoms with van der Waals surface area (Å²) < 4.78 is 16.7. The fraction of sp³-hybridized carbons (Fsp3) is 0.368. The molecule has 3 aromatic rings. The lowest BCUT2D eigenvalue weighted by Gasteiger charge is -2.09. The standard InChI is InChI=1S/C19H20N4O3/c1-11-18(26-10-22-11)16-8-20-12(2)23-19(16)25-9-13-6-15(13)17-5-4-14(24-3)7-21-17/h4-5,7-8,10,13,15H,6,9H2,1-3H3. The maximum Gasteiger partial charge on any atom is 0.228 e. The van der Waals surface area contributed by atoms with E-state index in [1.54, 1.807) is 19.5 Å². The van der Waals surface area contributed by atoms with Crippen LogP contribution in [0.25, 0.3) is 11.3 Å². The SMILES string of the molecule is COc1ccc(C2CC2COc2nc(C)ncc2-c2ocnc2C)nc1. The Kier molecular flexibility index (Phi) is 4.28. The summed E-state index contributed by atoms with van der Waals surface area (Å²) in [5.41, 5.74) is 2.59. The van der Waals surface area contributed by atoms with Crippen LogP contribution in [-0.2, 0) is 0 Å². The average molecular weight is 352 g/mol. The first-order valence-corrected chi connectivity index (χ1v) is 8.52. The van der Waals surface area contributed by atoms with E-state index in [4.69, 9.17) is 13.9 Å². The van der Waals surface area contributed by atoms with E-state index in [1.165, 1.54) is 6.39 Å². The molecule has 0 aliphatic heterocycles. The molecule has 0 spiro atoms. The third-order valence-corrected chi connectivity index (χ3v) is 4.60. The fourth-order valence-corrected chi connectivity index (χ4v) is 2.99. The smallest absolute Gasteiger partial charge is 0.228 e. The molecule has 0 amide bonds. The average Bonchev–Trinajstić information content (AvgIpc) is 3.32. The Balaban J connectivity index is 1.45. The minimum Gasteiger partial charge on any atom is -0.495 e. The van der Waals surface area contributed by atoms with Crippen molar-refractivity contribution in [2.45, 2.75) is 26.2 Å². The number of hydrogen-bond donors (Lipinski definition) is 0. The molecule has 0 radical (unpaired) electrons. The lowest BCUT2D eigenvalue weighted by molar-refractivity contribution is 0.285. The molecule has 2 unspecified atom stereocenters. The van der Waals surface area contributed by atoms with Crippen LogP contribution in [0.3, 0.4) is 0 Å². The van der Waals surface area contributed by atoms with Crippen LogP contribution in [0, 0.1) is 19.8 Å². The number of ether oxygens (including phenoxy) is 2. The summed E-state index contributed by atoms with van der Waals surface area (Å²) >= 11 is 0. The molecule has 134 valence electrons. The first-order chi connectivity index (χ1) is 12.7. The highest BCUT2D eigenvalue weighted by atomic mass is 16.5. The highest BCUT2D eigenvalue weighted by Gasteiger charge is 2.40. The van der Waals surface area contributed by atoms with E-state index >= 15 is 0 Å². The van der Waals surface area contributed by atoms with Crippen LogP contribution in [0.5, 0.6) is 11.6 Å². The zero-order valence-electron chi connectivity index (χ0n) is 15.0. The van der Waals surface area contributed by atoms with Crippen molar-refractivity contribution >= 4 is 0 Å². The Hall–Kier alpha value is -2.96. The van der Waals surface area contributed by atoms with Crippen molar-refractivity contribution in [1.82, 2.24) is 19.9 Å². The van der Waals surface area contributed by atoms with E-state index in [9.17, 15) is 0 Å². The van der Waals surface area contributed by atoms with Crippen molar-refractivity contribution in [2.24, 2.45) is 5.92 Å². The molecule has 2 atom stereocenters. The molecule has 4 rings (SSSR count). The van der Waals surface area contributed by atoms with Gasteiger partial charge in [0.25, 0.3) is 0 Å². The maximum absolute atomic E-state index is 6.03. The summed E-state index contributed by atoms with van der Waals surface area (Å²) in [6.45, 7) is 4.30. The molecule has 26 heavy (non-hydrogen) atoms. The largest absolute Gasteiger partial charge is 0.495 e. The molecule has 1 fully saturated rings. The van der Waals surface area contributed by atoms with Gasteiger partial charge in [-0.15, -0.1) is 0 Å². The molecular formula is C19H20N4O3. The number of aryl methyl sites for hydroxylation is 2. The Labute approximate surface area is 151 Å². The maximum atomic E-state index is 6.03. The Morgan fingerprint density at radius 1 is 1.15 bits per heavy atom. The summed E-state index contributed by atoms with van der Waals surface area (Å²) in [4.78, 5) is 17.3. The topological polar surface area (TPSA) is 83.2 Å². The Bertz CT molecular complexity index is 907. The van der Waals surface area contributed by atoms with E-state index in [2.05, 4.69) is 19.9 Å². The van der Waals surface area contributed by atoms with Crippen LogP contribution in [-0.4, -0.2) is 33.7 Å². The summed E-state index contributed by atoms with van der Waals surface area (Å²) in [7, 11) is 1.64. The van der Waals surface area contributed by atoms with Crippen LogP contribution in [0.15, 0.2) is 35.3 Å². The number of methoxy groups -OCH3 is 1. The predicted octanol–water partition coefficient (Wildman–Crippen LogP) is 3.33. The molecular weight excluding hydrogens is 332 g/mol. The highest BCUT2D eigenvalue weighted by molar-refractivity contribution is 5.64. The summed E-state index contributed by atoms with van der Waals surface area (Å²) in [5.74, 6) is 3.44. The van der Waals surface area contributed by atoms with Crippen LogP contribution < -0.4 is 9.47 Å². The molecule has 0 saturated heterocycles. The van der Waals surface area contributed by atoms with E-state index in [1.807, 2.05) is 26.0 Å². The zero-order valence-corrected chi connectivity index (χ0v) is 15.0. The number of pyridine rings is 1. The van der Waals surface area contributed by atoms with Gasteiger partial charge in [0.1, 0.15) is 11.6 Å².